The molecule has 2 aromatic carbocycles. The minimum atomic E-state index is 0.150. The zero-order chi connectivity index (χ0) is 14.7. The van der Waals surface area contributed by atoms with E-state index in [4.69, 9.17) is 4.52 Å². The van der Waals surface area contributed by atoms with Crippen LogP contribution in [0.25, 0.3) is 11.4 Å². The zero-order valence-corrected chi connectivity index (χ0v) is 12.3. The van der Waals surface area contributed by atoms with Crippen molar-refractivity contribution >= 4 is 0 Å². The highest BCUT2D eigenvalue weighted by Gasteiger charge is 2.19. The third-order valence-electron chi connectivity index (χ3n) is 3.63. The van der Waals surface area contributed by atoms with Crippen molar-refractivity contribution in [2.24, 2.45) is 0 Å². The molecule has 3 rings (SSSR count). The molecule has 0 saturated carbocycles. The number of benzene rings is 2. The predicted molar refractivity (Wildman–Crippen MR) is 83.0 cm³/mol. The molecule has 3 heteroatoms. The maximum absolute atomic E-state index is 5.51. The molecule has 0 spiro atoms. The topological polar surface area (TPSA) is 38.9 Å². The standard InChI is InChI=1S/C18H18N2O/c1-3-16(14-9-5-4-6-10-14)18-19-17(20-21-18)15-11-7-8-13(2)12-15/h4-12,16H,3H2,1-2H3/t16-/m1/s1. The molecule has 0 bridgehead atoms. The molecule has 3 nitrogen and oxygen atoms in total. The Morgan fingerprint density at radius 3 is 2.57 bits per heavy atom. The summed E-state index contributed by atoms with van der Waals surface area (Å²) < 4.78 is 5.51. The van der Waals surface area contributed by atoms with Gasteiger partial charge in [0.1, 0.15) is 0 Å². The van der Waals surface area contributed by atoms with Gasteiger partial charge in [-0.2, -0.15) is 4.98 Å². The number of hydrogen-bond donors (Lipinski definition) is 0. The smallest absolute Gasteiger partial charge is 0.234 e. The van der Waals surface area contributed by atoms with Crippen molar-refractivity contribution in [3.63, 3.8) is 0 Å². The highest BCUT2D eigenvalue weighted by Crippen LogP contribution is 2.28. The molecule has 0 fully saturated rings. The summed E-state index contributed by atoms with van der Waals surface area (Å²) in [7, 11) is 0. The molecule has 0 unspecified atom stereocenters. The third kappa shape index (κ3) is 2.87. The first kappa shape index (κ1) is 13.6. The Balaban J connectivity index is 1.94. The van der Waals surface area contributed by atoms with Gasteiger partial charge in [-0.3, -0.25) is 0 Å². The first-order chi connectivity index (χ1) is 10.3. The van der Waals surface area contributed by atoms with E-state index in [0.717, 1.165) is 12.0 Å². The largest absolute Gasteiger partial charge is 0.338 e. The second-order valence-electron chi connectivity index (χ2n) is 5.20. The van der Waals surface area contributed by atoms with Gasteiger partial charge in [-0.1, -0.05) is 66.2 Å². The van der Waals surface area contributed by atoms with E-state index in [2.05, 4.69) is 48.3 Å². The van der Waals surface area contributed by atoms with Crippen molar-refractivity contribution in [2.45, 2.75) is 26.2 Å². The molecule has 1 heterocycles. The molecule has 0 N–H and O–H groups in total. The molecule has 0 amide bonds. The van der Waals surface area contributed by atoms with Crippen LogP contribution in [0, 0.1) is 6.92 Å². The fourth-order valence-corrected chi connectivity index (χ4v) is 2.52. The second-order valence-corrected chi connectivity index (χ2v) is 5.20. The van der Waals surface area contributed by atoms with Crippen molar-refractivity contribution in [3.05, 3.63) is 71.6 Å². The van der Waals surface area contributed by atoms with Gasteiger partial charge in [-0.15, -0.1) is 0 Å². The van der Waals surface area contributed by atoms with E-state index in [-0.39, 0.29) is 5.92 Å². The van der Waals surface area contributed by atoms with Crippen molar-refractivity contribution in [1.82, 2.24) is 10.1 Å². The third-order valence-corrected chi connectivity index (χ3v) is 3.63. The lowest BCUT2D eigenvalue weighted by atomic mass is 9.96. The number of aromatic nitrogens is 2. The maximum Gasteiger partial charge on any atom is 0.234 e. The Morgan fingerprint density at radius 1 is 1.05 bits per heavy atom. The highest BCUT2D eigenvalue weighted by molar-refractivity contribution is 5.55. The molecule has 0 radical (unpaired) electrons. The summed E-state index contributed by atoms with van der Waals surface area (Å²) in [5, 5.41) is 4.14. The van der Waals surface area contributed by atoms with Crippen LogP contribution < -0.4 is 0 Å². The van der Waals surface area contributed by atoms with Crippen LogP contribution in [0.4, 0.5) is 0 Å². The minimum Gasteiger partial charge on any atom is -0.338 e. The van der Waals surface area contributed by atoms with Crippen LogP contribution in [-0.2, 0) is 0 Å². The molecule has 106 valence electrons. The summed E-state index contributed by atoms with van der Waals surface area (Å²) in [5.74, 6) is 1.49. The van der Waals surface area contributed by atoms with Crippen LogP contribution in [0.1, 0.15) is 36.3 Å². The van der Waals surface area contributed by atoms with E-state index < -0.39 is 0 Å². The van der Waals surface area contributed by atoms with E-state index in [1.54, 1.807) is 0 Å². The lowest BCUT2D eigenvalue weighted by molar-refractivity contribution is 0.363. The van der Waals surface area contributed by atoms with Gasteiger partial charge in [-0.25, -0.2) is 0 Å². The van der Waals surface area contributed by atoms with E-state index in [9.17, 15) is 0 Å². The molecule has 0 aliphatic carbocycles. The predicted octanol–water partition coefficient (Wildman–Crippen LogP) is 4.59. The van der Waals surface area contributed by atoms with Crippen LogP contribution in [0.15, 0.2) is 59.1 Å². The number of nitrogens with zero attached hydrogens (tertiary/aromatic N) is 2. The summed E-state index contributed by atoms with van der Waals surface area (Å²) in [5.41, 5.74) is 3.39. The average molecular weight is 278 g/mol. The molecule has 3 aromatic rings. The molecule has 1 aromatic heterocycles. The van der Waals surface area contributed by atoms with Crippen LogP contribution in [0.2, 0.25) is 0 Å². The van der Waals surface area contributed by atoms with Crippen LogP contribution >= 0.6 is 0 Å². The van der Waals surface area contributed by atoms with Crippen molar-refractivity contribution in [2.75, 3.05) is 0 Å². The summed E-state index contributed by atoms with van der Waals surface area (Å²) in [6.45, 7) is 4.19. The summed E-state index contributed by atoms with van der Waals surface area (Å²) >= 11 is 0. The Labute approximate surface area is 124 Å². The van der Waals surface area contributed by atoms with Gasteiger partial charge < -0.3 is 4.52 Å². The minimum absolute atomic E-state index is 0.150. The summed E-state index contributed by atoms with van der Waals surface area (Å²) in [6, 6.07) is 18.4. The lowest BCUT2D eigenvalue weighted by Gasteiger charge is -2.09. The molecule has 0 aliphatic heterocycles. The molecule has 1 atom stereocenters. The molecule has 0 saturated heterocycles. The van der Waals surface area contributed by atoms with Gasteiger partial charge in [0.25, 0.3) is 0 Å². The van der Waals surface area contributed by atoms with E-state index in [0.29, 0.717) is 11.7 Å². The summed E-state index contributed by atoms with van der Waals surface area (Å²) in [4.78, 5) is 4.59. The maximum atomic E-state index is 5.51. The average Bonchev–Trinajstić information content (AvgIpc) is 2.99. The van der Waals surface area contributed by atoms with E-state index in [1.165, 1.54) is 11.1 Å². The van der Waals surface area contributed by atoms with Gasteiger partial charge in [0, 0.05) is 5.56 Å². The Kier molecular flexibility index (Phi) is 3.82. The highest BCUT2D eigenvalue weighted by atomic mass is 16.5. The van der Waals surface area contributed by atoms with Gasteiger partial charge in [-0.05, 0) is 25.0 Å². The quantitative estimate of drug-likeness (QED) is 0.700. The summed E-state index contributed by atoms with van der Waals surface area (Å²) in [6.07, 6.45) is 0.930. The monoisotopic (exact) mass is 278 g/mol. The SMILES string of the molecule is CC[C@H](c1ccccc1)c1nc(-c2cccc(C)c2)no1. The van der Waals surface area contributed by atoms with Gasteiger partial charge >= 0.3 is 0 Å². The fourth-order valence-electron chi connectivity index (χ4n) is 2.52. The molecular formula is C18H18N2O. The number of aryl methyl sites for hydroxylation is 1. The van der Waals surface area contributed by atoms with Gasteiger partial charge in [0.2, 0.25) is 11.7 Å². The fraction of sp³-hybridized carbons (Fsp3) is 0.222. The molecule has 21 heavy (non-hydrogen) atoms. The van der Waals surface area contributed by atoms with Crippen molar-refractivity contribution in [3.8, 4) is 11.4 Å². The first-order valence-electron chi connectivity index (χ1n) is 7.23. The lowest BCUT2D eigenvalue weighted by Crippen LogP contribution is -1.99. The van der Waals surface area contributed by atoms with Crippen molar-refractivity contribution < 1.29 is 4.52 Å². The van der Waals surface area contributed by atoms with Crippen molar-refractivity contribution in [1.29, 1.82) is 0 Å². The zero-order valence-electron chi connectivity index (χ0n) is 12.3. The Morgan fingerprint density at radius 2 is 1.86 bits per heavy atom. The van der Waals surface area contributed by atoms with Gasteiger partial charge in [0.15, 0.2) is 0 Å². The van der Waals surface area contributed by atoms with Gasteiger partial charge in [0.05, 0.1) is 5.92 Å². The van der Waals surface area contributed by atoms with Crippen LogP contribution in [0.3, 0.4) is 0 Å². The number of hydrogen-bond acceptors (Lipinski definition) is 3. The Hall–Kier alpha value is -2.42. The Bertz CT molecular complexity index is 719. The van der Waals surface area contributed by atoms with E-state index >= 15 is 0 Å². The normalized spacial score (nSPS) is 12.3. The number of rotatable bonds is 4. The second kappa shape index (κ2) is 5.92. The van der Waals surface area contributed by atoms with Crippen LogP contribution in [-0.4, -0.2) is 10.1 Å². The first-order valence-corrected chi connectivity index (χ1v) is 7.23. The molecular weight excluding hydrogens is 260 g/mol. The van der Waals surface area contributed by atoms with Crippen LogP contribution in [0.5, 0.6) is 0 Å². The molecule has 0 aliphatic rings. The van der Waals surface area contributed by atoms with E-state index in [1.807, 2.05) is 30.3 Å².